The molecule has 0 radical (unpaired) electrons. The van der Waals surface area contributed by atoms with Gasteiger partial charge in [-0.25, -0.2) is 4.98 Å². The van der Waals surface area contributed by atoms with Gasteiger partial charge in [0.05, 0.1) is 15.7 Å². The molecule has 2 aliphatic rings. The Balaban J connectivity index is 1.25. The molecular weight excluding hydrogens is 559 g/mol. The monoisotopic (exact) mass is 592 g/mol. The predicted molar refractivity (Wildman–Crippen MR) is 146 cm³/mol. The van der Waals surface area contributed by atoms with Crippen LogP contribution in [0.2, 0.25) is 0 Å². The molecule has 0 spiro atoms. The van der Waals surface area contributed by atoms with E-state index in [1.54, 1.807) is 6.20 Å². The van der Waals surface area contributed by atoms with Gasteiger partial charge in [0.2, 0.25) is 17.8 Å². The summed E-state index contributed by atoms with van der Waals surface area (Å²) in [7, 11) is 0. The number of nitrogens with one attached hydrogen (secondary N) is 4. The largest absolute Gasteiger partial charge is 0.369 e. The fourth-order valence-corrected chi connectivity index (χ4v) is 4.61. The molecule has 2 fully saturated rings. The Morgan fingerprint density at radius 2 is 1.89 bits per heavy atom. The van der Waals surface area contributed by atoms with Crippen LogP contribution in [0, 0.1) is 3.57 Å². The first-order chi connectivity index (χ1) is 16.9. The average Bonchev–Trinajstić information content (AvgIpc) is 3.32. The first-order valence-electron chi connectivity index (χ1n) is 12.1. The van der Waals surface area contributed by atoms with Gasteiger partial charge in [0.25, 0.3) is 0 Å². The third-order valence-corrected chi connectivity index (χ3v) is 7.13. The summed E-state index contributed by atoms with van der Waals surface area (Å²) in [5.41, 5.74) is 6.89. The molecule has 1 saturated heterocycles. The van der Waals surface area contributed by atoms with Gasteiger partial charge in [-0.2, -0.15) is 4.98 Å². The number of anilines is 4. The fourth-order valence-electron chi connectivity index (χ4n) is 4.16. The number of carbonyl (C=O) groups excluding carboxylic acids is 2. The van der Waals surface area contributed by atoms with E-state index in [4.69, 9.17) is 5.73 Å². The molecule has 10 nitrogen and oxygen atoms in total. The van der Waals surface area contributed by atoms with Crippen LogP contribution in [0.25, 0.3) is 0 Å². The van der Waals surface area contributed by atoms with Gasteiger partial charge in [-0.3, -0.25) is 14.5 Å². The molecule has 11 heteroatoms. The minimum absolute atomic E-state index is 0.00782. The molecule has 2 aromatic rings. The standard InChI is InChI=1S/C24H33IN8O2/c25-19-15-29-23(32-21(19)27-10-5-11-28-22(35)24(26)8-4-9-24)31-18-7-3-6-17(14-18)30-20(34)16-33-12-1-2-13-33/h3,6-7,14-15H,1-2,4-5,8-13,16,26H2,(H,28,35)(H,30,34)(H2,27,29,31,32). The second-order valence-corrected chi connectivity index (χ2v) is 10.3. The summed E-state index contributed by atoms with van der Waals surface area (Å²) in [5, 5.41) is 12.4. The van der Waals surface area contributed by atoms with Crippen molar-refractivity contribution in [1.82, 2.24) is 20.2 Å². The molecule has 188 valence electrons. The molecule has 2 heterocycles. The number of hydrogen-bond donors (Lipinski definition) is 5. The van der Waals surface area contributed by atoms with E-state index >= 15 is 0 Å². The fraction of sp³-hybridized carbons (Fsp3) is 0.500. The summed E-state index contributed by atoms with van der Waals surface area (Å²) in [6.07, 6.45) is 7.36. The summed E-state index contributed by atoms with van der Waals surface area (Å²) in [6.45, 7) is 3.61. The number of likely N-dealkylation sites (tertiary alicyclic amines) is 1. The minimum atomic E-state index is -0.663. The summed E-state index contributed by atoms with van der Waals surface area (Å²) >= 11 is 2.19. The predicted octanol–water partition coefficient (Wildman–Crippen LogP) is 2.66. The lowest BCUT2D eigenvalue weighted by Crippen LogP contribution is -2.58. The highest BCUT2D eigenvalue weighted by atomic mass is 127. The molecule has 2 amide bonds. The number of benzene rings is 1. The van der Waals surface area contributed by atoms with Crippen LogP contribution >= 0.6 is 22.6 Å². The lowest BCUT2D eigenvalue weighted by atomic mass is 9.77. The van der Waals surface area contributed by atoms with E-state index in [2.05, 4.69) is 58.7 Å². The Labute approximate surface area is 219 Å². The van der Waals surface area contributed by atoms with Crippen LogP contribution in [0.15, 0.2) is 30.5 Å². The van der Waals surface area contributed by atoms with E-state index in [1.165, 1.54) is 0 Å². The zero-order valence-corrected chi connectivity index (χ0v) is 21.9. The Kier molecular flexibility index (Phi) is 8.74. The molecule has 1 aromatic heterocycles. The van der Waals surface area contributed by atoms with E-state index in [1.807, 2.05) is 24.3 Å². The van der Waals surface area contributed by atoms with Crippen molar-refractivity contribution in [3.63, 3.8) is 0 Å². The van der Waals surface area contributed by atoms with Crippen molar-refractivity contribution in [1.29, 1.82) is 0 Å². The summed E-state index contributed by atoms with van der Waals surface area (Å²) < 4.78 is 0.899. The topological polar surface area (TPSA) is 137 Å². The van der Waals surface area contributed by atoms with Crippen molar-refractivity contribution < 1.29 is 9.59 Å². The van der Waals surface area contributed by atoms with Crippen LogP contribution in [0.3, 0.4) is 0 Å². The van der Waals surface area contributed by atoms with Gasteiger partial charge in [-0.1, -0.05) is 6.07 Å². The van der Waals surface area contributed by atoms with E-state index in [-0.39, 0.29) is 11.8 Å². The van der Waals surface area contributed by atoms with Crippen molar-refractivity contribution in [2.45, 2.75) is 44.1 Å². The highest BCUT2D eigenvalue weighted by Gasteiger charge is 2.39. The maximum atomic E-state index is 12.3. The lowest BCUT2D eigenvalue weighted by molar-refractivity contribution is -0.129. The first kappa shape index (κ1) is 25.6. The lowest BCUT2D eigenvalue weighted by Gasteiger charge is -2.36. The molecule has 1 aliphatic carbocycles. The van der Waals surface area contributed by atoms with Gasteiger partial charge in [-0.15, -0.1) is 0 Å². The maximum absolute atomic E-state index is 12.3. The Hall–Kier alpha value is -2.51. The molecule has 35 heavy (non-hydrogen) atoms. The van der Waals surface area contributed by atoms with Gasteiger partial charge < -0.3 is 27.0 Å². The SMILES string of the molecule is NC1(C(=O)NCCCNc2nc(Nc3cccc(NC(=O)CN4CCCC4)c3)ncc2I)CCC1. The molecule has 6 N–H and O–H groups in total. The minimum Gasteiger partial charge on any atom is -0.369 e. The third kappa shape index (κ3) is 7.24. The normalized spacial score (nSPS) is 16.9. The number of amides is 2. The summed E-state index contributed by atoms with van der Waals surface area (Å²) in [4.78, 5) is 35.6. The second-order valence-electron chi connectivity index (χ2n) is 9.17. The van der Waals surface area contributed by atoms with Crippen molar-refractivity contribution in [3.05, 3.63) is 34.0 Å². The van der Waals surface area contributed by atoms with Crippen LogP contribution in [0.5, 0.6) is 0 Å². The van der Waals surface area contributed by atoms with Crippen molar-refractivity contribution >= 4 is 57.5 Å². The number of hydrogen-bond acceptors (Lipinski definition) is 8. The highest BCUT2D eigenvalue weighted by Crippen LogP contribution is 2.29. The molecule has 0 atom stereocenters. The molecule has 4 rings (SSSR count). The van der Waals surface area contributed by atoms with Crippen LogP contribution in [-0.2, 0) is 9.59 Å². The van der Waals surface area contributed by atoms with E-state index < -0.39 is 5.54 Å². The van der Waals surface area contributed by atoms with E-state index in [9.17, 15) is 9.59 Å². The van der Waals surface area contributed by atoms with Crippen LogP contribution in [0.4, 0.5) is 23.1 Å². The highest BCUT2D eigenvalue weighted by molar-refractivity contribution is 14.1. The maximum Gasteiger partial charge on any atom is 0.240 e. The molecule has 1 aliphatic heterocycles. The van der Waals surface area contributed by atoms with Gasteiger partial charge in [0.15, 0.2) is 0 Å². The Morgan fingerprint density at radius 3 is 2.63 bits per heavy atom. The zero-order chi connectivity index (χ0) is 24.7. The number of aromatic nitrogens is 2. The van der Waals surface area contributed by atoms with Crippen molar-refractivity contribution in [2.75, 3.05) is 48.7 Å². The average molecular weight is 592 g/mol. The summed E-state index contributed by atoms with van der Waals surface area (Å²) in [6, 6.07) is 7.51. The van der Waals surface area contributed by atoms with E-state index in [0.29, 0.717) is 25.6 Å². The number of halogens is 1. The molecule has 1 aromatic carbocycles. The van der Waals surface area contributed by atoms with Gasteiger partial charge in [0, 0.05) is 30.7 Å². The number of rotatable bonds is 11. The zero-order valence-electron chi connectivity index (χ0n) is 19.8. The molecular formula is C24H33IN8O2. The number of nitrogens with zero attached hydrogens (tertiary/aromatic N) is 3. The smallest absolute Gasteiger partial charge is 0.240 e. The molecule has 1 saturated carbocycles. The van der Waals surface area contributed by atoms with Gasteiger partial charge >= 0.3 is 0 Å². The van der Waals surface area contributed by atoms with Gasteiger partial charge in [-0.05, 0) is 92.4 Å². The van der Waals surface area contributed by atoms with Crippen LogP contribution in [-0.4, -0.2) is 64.9 Å². The second kappa shape index (κ2) is 12.0. The first-order valence-corrected chi connectivity index (χ1v) is 13.2. The number of carbonyl (C=O) groups is 2. The Morgan fingerprint density at radius 1 is 1.11 bits per heavy atom. The van der Waals surface area contributed by atoms with Crippen molar-refractivity contribution in [3.8, 4) is 0 Å². The third-order valence-electron chi connectivity index (χ3n) is 6.34. The van der Waals surface area contributed by atoms with Crippen LogP contribution in [0.1, 0.15) is 38.5 Å². The molecule has 0 bridgehead atoms. The number of nitrogens with two attached hydrogens (primary N) is 1. The Bertz CT molecular complexity index is 1040. The summed E-state index contributed by atoms with van der Waals surface area (Å²) in [5.74, 6) is 1.11. The van der Waals surface area contributed by atoms with Crippen molar-refractivity contribution in [2.24, 2.45) is 5.73 Å². The van der Waals surface area contributed by atoms with Crippen LogP contribution < -0.4 is 27.0 Å². The van der Waals surface area contributed by atoms with E-state index in [0.717, 1.165) is 72.4 Å². The quantitative estimate of drug-likeness (QED) is 0.199. The van der Waals surface area contributed by atoms with Gasteiger partial charge in [0.1, 0.15) is 5.82 Å². The molecule has 0 unspecified atom stereocenters.